The molecule has 2 rings (SSSR count). The number of phenolic OH excluding ortho intramolecular Hbond substituents is 2. The van der Waals surface area contributed by atoms with Gasteiger partial charge in [-0.1, -0.05) is 18.2 Å². The van der Waals surface area contributed by atoms with Gasteiger partial charge in [0.2, 0.25) is 0 Å². The van der Waals surface area contributed by atoms with Crippen molar-refractivity contribution in [2.75, 3.05) is 0 Å². The van der Waals surface area contributed by atoms with Crippen LogP contribution in [0.1, 0.15) is 30.1 Å². The van der Waals surface area contributed by atoms with Crippen molar-refractivity contribution in [1.29, 1.82) is 0 Å². The fourth-order valence-electron chi connectivity index (χ4n) is 2.49. The van der Waals surface area contributed by atoms with E-state index in [0.29, 0.717) is 12.8 Å². The number of aliphatic hydroxyl groups excluding tert-OH is 1. The molecular weight excluding hydrogens is 319 g/mol. The molecule has 0 saturated carbocycles. The molecule has 6 nitrogen and oxygen atoms in total. The number of aryl methyl sites for hydroxylation is 1. The van der Waals surface area contributed by atoms with Gasteiger partial charge in [-0.25, -0.2) is 0 Å². The molecule has 0 aliphatic carbocycles. The Morgan fingerprint density at radius 1 is 1.04 bits per heavy atom. The molecule has 124 valence electrons. The van der Waals surface area contributed by atoms with E-state index >= 15 is 0 Å². The van der Waals surface area contributed by atoms with Gasteiger partial charge < -0.3 is 25.1 Å². The van der Waals surface area contributed by atoms with Gasteiger partial charge in [0.25, 0.3) is 0 Å². The van der Waals surface area contributed by atoms with E-state index in [1.54, 1.807) is 18.2 Å². The Labute approximate surface area is 133 Å². The first-order valence-electron chi connectivity index (χ1n) is 7.13. The number of phenols is 2. The Morgan fingerprint density at radius 2 is 1.74 bits per heavy atom. The van der Waals surface area contributed by atoms with Crippen molar-refractivity contribution in [1.82, 2.24) is 0 Å². The molecule has 0 radical (unpaired) electrons. The Morgan fingerprint density at radius 3 is 2.39 bits per heavy atom. The summed E-state index contributed by atoms with van der Waals surface area (Å²) in [4.78, 5) is 18.7. The van der Waals surface area contributed by atoms with Crippen LogP contribution in [0.2, 0.25) is 0 Å². The summed E-state index contributed by atoms with van der Waals surface area (Å²) >= 11 is 0. The van der Waals surface area contributed by atoms with Crippen LogP contribution in [-0.2, 0) is 11.0 Å². The first-order valence-corrected chi connectivity index (χ1v) is 8.74. The SMILES string of the molecule is O=P(O)(O)c1cccc(O)c1C(O)CCCc1cccc(O)c1. The molecule has 0 saturated heterocycles. The summed E-state index contributed by atoms with van der Waals surface area (Å²) in [6.45, 7) is 0. The van der Waals surface area contributed by atoms with Gasteiger partial charge >= 0.3 is 7.60 Å². The molecule has 2 aromatic carbocycles. The fraction of sp³-hybridized carbons (Fsp3) is 0.250. The van der Waals surface area contributed by atoms with Crippen LogP contribution >= 0.6 is 7.60 Å². The molecule has 7 heteroatoms. The van der Waals surface area contributed by atoms with Gasteiger partial charge in [-0.3, -0.25) is 4.57 Å². The monoisotopic (exact) mass is 338 g/mol. The maximum Gasteiger partial charge on any atom is 0.356 e. The van der Waals surface area contributed by atoms with Gasteiger partial charge in [0.1, 0.15) is 11.5 Å². The smallest absolute Gasteiger partial charge is 0.356 e. The predicted molar refractivity (Wildman–Crippen MR) is 85.8 cm³/mol. The fourth-order valence-corrected chi connectivity index (χ4v) is 3.35. The Bertz CT molecular complexity index is 724. The predicted octanol–water partition coefficient (Wildman–Crippen LogP) is 1.96. The molecule has 2 aromatic rings. The number of benzene rings is 2. The highest BCUT2D eigenvalue weighted by atomic mass is 31.2. The molecule has 0 fully saturated rings. The zero-order chi connectivity index (χ0) is 17.0. The van der Waals surface area contributed by atoms with Crippen molar-refractivity contribution in [3.8, 4) is 11.5 Å². The van der Waals surface area contributed by atoms with E-state index in [2.05, 4.69) is 0 Å². The van der Waals surface area contributed by atoms with Crippen LogP contribution in [0.3, 0.4) is 0 Å². The number of hydrogen-bond acceptors (Lipinski definition) is 4. The molecule has 0 spiro atoms. The molecule has 0 aromatic heterocycles. The Balaban J connectivity index is 2.09. The van der Waals surface area contributed by atoms with Crippen molar-refractivity contribution in [3.63, 3.8) is 0 Å². The summed E-state index contributed by atoms with van der Waals surface area (Å²) in [6, 6.07) is 10.6. The van der Waals surface area contributed by atoms with Crippen LogP contribution in [0.15, 0.2) is 42.5 Å². The molecule has 5 N–H and O–H groups in total. The van der Waals surface area contributed by atoms with E-state index in [-0.39, 0.29) is 28.8 Å². The summed E-state index contributed by atoms with van der Waals surface area (Å²) in [6.07, 6.45) is 0.153. The van der Waals surface area contributed by atoms with E-state index in [1.165, 1.54) is 18.2 Å². The molecule has 0 aliphatic rings. The zero-order valence-electron chi connectivity index (χ0n) is 12.3. The molecular formula is C16H19O6P. The number of hydrogen-bond donors (Lipinski definition) is 5. The zero-order valence-corrected chi connectivity index (χ0v) is 13.2. The molecule has 1 atom stereocenters. The normalized spacial score (nSPS) is 13.0. The third-order valence-corrected chi connectivity index (χ3v) is 4.58. The third-order valence-electron chi connectivity index (χ3n) is 3.56. The molecule has 0 amide bonds. The summed E-state index contributed by atoms with van der Waals surface area (Å²) in [5.41, 5.74) is 0.765. The van der Waals surface area contributed by atoms with E-state index in [1.807, 2.05) is 6.07 Å². The second-order valence-electron chi connectivity index (χ2n) is 5.33. The standard InChI is InChI=1S/C16H19O6P/c17-12-6-1-4-11(10-12)5-2-7-13(18)16-14(19)8-3-9-15(16)23(20,21)22/h1,3-4,6,8-10,13,17-19H,2,5,7H2,(H2,20,21,22). The second-order valence-corrected chi connectivity index (χ2v) is 6.90. The number of aromatic hydroxyl groups is 2. The van der Waals surface area contributed by atoms with Crippen LogP contribution in [0.5, 0.6) is 11.5 Å². The molecule has 0 aliphatic heterocycles. The molecule has 0 heterocycles. The summed E-state index contributed by atoms with van der Waals surface area (Å²) in [7, 11) is -4.59. The average Bonchev–Trinajstić information content (AvgIpc) is 2.46. The van der Waals surface area contributed by atoms with Crippen molar-refractivity contribution in [2.24, 2.45) is 0 Å². The lowest BCUT2D eigenvalue weighted by Gasteiger charge is -2.17. The minimum atomic E-state index is -4.59. The molecule has 1 unspecified atom stereocenters. The second kappa shape index (κ2) is 7.15. The summed E-state index contributed by atoms with van der Waals surface area (Å²) in [5.74, 6) is -0.178. The van der Waals surface area contributed by atoms with Gasteiger partial charge in [0.05, 0.1) is 11.4 Å². The maximum atomic E-state index is 11.5. The van der Waals surface area contributed by atoms with Crippen LogP contribution in [-0.4, -0.2) is 25.1 Å². The van der Waals surface area contributed by atoms with Crippen molar-refractivity contribution in [2.45, 2.75) is 25.4 Å². The largest absolute Gasteiger partial charge is 0.508 e. The van der Waals surface area contributed by atoms with Gasteiger partial charge in [0, 0.05) is 5.56 Å². The lowest BCUT2D eigenvalue weighted by atomic mass is 10.0. The van der Waals surface area contributed by atoms with Crippen molar-refractivity contribution >= 4 is 12.9 Å². The maximum absolute atomic E-state index is 11.5. The lowest BCUT2D eigenvalue weighted by molar-refractivity contribution is 0.162. The van der Waals surface area contributed by atoms with Crippen LogP contribution in [0, 0.1) is 0 Å². The summed E-state index contributed by atoms with van der Waals surface area (Å²) < 4.78 is 11.5. The van der Waals surface area contributed by atoms with Crippen LogP contribution in [0.25, 0.3) is 0 Å². The highest BCUT2D eigenvalue weighted by Crippen LogP contribution is 2.40. The minimum absolute atomic E-state index is 0.128. The third kappa shape index (κ3) is 4.56. The van der Waals surface area contributed by atoms with Gasteiger partial charge in [-0.15, -0.1) is 0 Å². The summed E-state index contributed by atoms with van der Waals surface area (Å²) in [5, 5.41) is 29.1. The average molecular weight is 338 g/mol. The van der Waals surface area contributed by atoms with Gasteiger partial charge in [0.15, 0.2) is 0 Å². The van der Waals surface area contributed by atoms with Gasteiger partial charge in [-0.2, -0.15) is 0 Å². The quantitative estimate of drug-likeness (QED) is 0.514. The lowest BCUT2D eigenvalue weighted by Crippen LogP contribution is -2.15. The first kappa shape index (κ1) is 17.5. The minimum Gasteiger partial charge on any atom is -0.508 e. The molecule has 23 heavy (non-hydrogen) atoms. The van der Waals surface area contributed by atoms with Crippen LogP contribution < -0.4 is 5.30 Å². The van der Waals surface area contributed by atoms with E-state index < -0.39 is 13.7 Å². The highest BCUT2D eigenvalue weighted by Gasteiger charge is 2.27. The highest BCUT2D eigenvalue weighted by molar-refractivity contribution is 7.60. The van der Waals surface area contributed by atoms with Crippen molar-refractivity contribution < 1.29 is 29.7 Å². The van der Waals surface area contributed by atoms with E-state index in [4.69, 9.17) is 0 Å². The first-order chi connectivity index (χ1) is 10.8. The number of rotatable bonds is 6. The molecule has 0 bridgehead atoms. The number of aliphatic hydroxyl groups is 1. The van der Waals surface area contributed by atoms with Crippen LogP contribution in [0.4, 0.5) is 0 Å². The van der Waals surface area contributed by atoms with Crippen molar-refractivity contribution in [3.05, 3.63) is 53.6 Å². The Hall–Kier alpha value is -1.85. The van der Waals surface area contributed by atoms with E-state index in [9.17, 15) is 29.7 Å². The van der Waals surface area contributed by atoms with E-state index in [0.717, 1.165) is 5.56 Å². The Kier molecular flexibility index (Phi) is 5.44. The topological polar surface area (TPSA) is 118 Å². The van der Waals surface area contributed by atoms with Gasteiger partial charge in [-0.05, 0) is 49.1 Å².